The van der Waals surface area contributed by atoms with E-state index >= 15 is 0 Å². The maximum absolute atomic E-state index is 11.6. The van der Waals surface area contributed by atoms with Crippen molar-refractivity contribution in [2.24, 2.45) is 11.8 Å². The Balaban J connectivity index is 1.35. The summed E-state index contributed by atoms with van der Waals surface area (Å²) in [5, 5.41) is 10.2. The molecule has 0 saturated carbocycles. The van der Waals surface area contributed by atoms with Crippen molar-refractivity contribution in [2.45, 2.75) is 51.0 Å². The van der Waals surface area contributed by atoms with Crippen molar-refractivity contribution in [2.75, 3.05) is 13.1 Å². The number of carboxylic acid groups (broad SMARTS) is 1. The minimum absolute atomic E-state index is 0.00186. The van der Waals surface area contributed by atoms with Gasteiger partial charge in [-0.3, -0.25) is 4.90 Å². The molecule has 0 aromatic heterocycles. The van der Waals surface area contributed by atoms with E-state index in [9.17, 15) is 9.90 Å². The monoisotopic (exact) mass is 441 g/mol. The summed E-state index contributed by atoms with van der Waals surface area (Å²) in [5.74, 6) is 0.645. The highest BCUT2D eigenvalue weighted by Gasteiger charge is 2.51. The zero-order valence-electron chi connectivity index (χ0n) is 17.9. The molecule has 0 amide bonds. The first kappa shape index (κ1) is 20.8. The van der Waals surface area contributed by atoms with Crippen molar-refractivity contribution in [3.63, 3.8) is 0 Å². The smallest absolute Gasteiger partial charge is 0.336 e. The van der Waals surface area contributed by atoms with Crippen molar-refractivity contribution in [1.82, 2.24) is 4.90 Å². The Morgan fingerprint density at radius 2 is 2.06 bits per heavy atom. The van der Waals surface area contributed by atoms with Crippen LogP contribution in [0.2, 0.25) is 5.02 Å². The molecule has 0 spiro atoms. The predicted octanol–water partition coefficient (Wildman–Crippen LogP) is 5.18. The molecule has 1 N–H and O–H groups in total. The number of ether oxygens (including phenoxy) is 2. The minimum Gasteiger partial charge on any atom is -0.487 e. The second-order valence-corrected chi connectivity index (χ2v) is 10.0. The molecule has 3 aliphatic heterocycles. The van der Waals surface area contributed by atoms with Crippen LogP contribution in [-0.4, -0.2) is 40.8 Å². The molecular formula is C25H28ClNO4. The lowest BCUT2D eigenvalue weighted by Crippen LogP contribution is -2.55. The molecule has 2 fully saturated rings. The fraction of sp³-hybridized carbons (Fsp3) is 0.480. The molecular weight excluding hydrogens is 414 g/mol. The van der Waals surface area contributed by atoms with E-state index < -0.39 is 5.97 Å². The van der Waals surface area contributed by atoms with E-state index in [1.807, 2.05) is 30.3 Å². The van der Waals surface area contributed by atoms with Crippen LogP contribution in [-0.2, 0) is 11.3 Å². The quantitative estimate of drug-likeness (QED) is 0.711. The van der Waals surface area contributed by atoms with Gasteiger partial charge in [-0.05, 0) is 62.4 Å². The van der Waals surface area contributed by atoms with Gasteiger partial charge in [-0.1, -0.05) is 29.8 Å². The van der Waals surface area contributed by atoms with Crippen LogP contribution in [0.3, 0.4) is 0 Å². The summed E-state index contributed by atoms with van der Waals surface area (Å²) >= 11 is 6.29. The number of nitrogens with zero attached hydrogens (tertiary/aromatic N) is 1. The number of benzene rings is 2. The van der Waals surface area contributed by atoms with Crippen molar-refractivity contribution < 1.29 is 19.4 Å². The zero-order valence-corrected chi connectivity index (χ0v) is 18.6. The maximum Gasteiger partial charge on any atom is 0.336 e. The Morgan fingerprint density at radius 3 is 2.87 bits per heavy atom. The number of hydrogen-bond acceptors (Lipinski definition) is 4. The van der Waals surface area contributed by atoms with Crippen molar-refractivity contribution in [3.05, 3.63) is 64.2 Å². The molecule has 0 radical (unpaired) electrons. The van der Waals surface area contributed by atoms with Gasteiger partial charge in [0.2, 0.25) is 0 Å². The average Bonchev–Trinajstić information content (AvgIpc) is 2.73. The summed E-state index contributed by atoms with van der Waals surface area (Å²) in [6.07, 6.45) is 2.16. The molecule has 0 unspecified atom stereocenters. The van der Waals surface area contributed by atoms with Gasteiger partial charge in [-0.25, -0.2) is 4.79 Å². The number of piperidine rings is 1. The van der Waals surface area contributed by atoms with Crippen LogP contribution in [0.15, 0.2) is 42.5 Å². The van der Waals surface area contributed by atoms with E-state index in [2.05, 4.69) is 18.7 Å². The number of carbonyl (C=O) groups is 1. The second kappa shape index (κ2) is 7.80. The van der Waals surface area contributed by atoms with Gasteiger partial charge in [0.25, 0.3) is 0 Å². The Hall–Kier alpha value is -2.08. The number of hydrogen-bond donors (Lipinski definition) is 1. The SMILES string of the molecule is CC1(C)Oc2ccc(Cl)cc2[C@@H]2O[C@@H]3CCN(Cc4ccccc4C(=O)O)C[C@@H]3C[C@H]21. The van der Waals surface area contributed by atoms with Crippen LogP contribution >= 0.6 is 11.6 Å². The molecule has 2 aromatic carbocycles. The van der Waals surface area contributed by atoms with Crippen molar-refractivity contribution in [3.8, 4) is 5.75 Å². The third kappa shape index (κ3) is 3.84. The highest BCUT2D eigenvalue weighted by atomic mass is 35.5. The average molecular weight is 442 g/mol. The van der Waals surface area contributed by atoms with Gasteiger partial charge in [-0.2, -0.15) is 0 Å². The van der Waals surface area contributed by atoms with Crippen LogP contribution < -0.4 is 4.74 Å². The van der Waals surface area contributed by atoms with Gasteiger partial charge < -0.3 is 14.6 Å². The molecule has 164 valence electrons. The topological polar surface area (TPSA) is 59.0 Å². The zero-order chi connectivity index (χ0) is 21.8. The molecule has 5 nitrogen and oxygen atoms in total. The molecule has 31 heavy (non-hydrogen) atoms. The van der Waals surface area contributed by atoms with E-state index in [1.54, 1.807) is 12.1 Å². The molecule has 4 atom stereocenters. The van der Waals surface area contributed by atoms with E-state index in [4.69, 9.17) is 21.1 Å². The van der Waals surface area contributed by atoms with Gasteiger partial charge in [0.05, 0.1) is 17.8 Å². The summed E-state index contributed by atoms with van der Waals surface area (Å²) in [6, 6.07) is 13.1. The summed E-state index contributed by atoms with van der Waals surface area (Å²) in [4.78, 5) is 14.0. The number of likely N-dealkylation sites (tertiary alicyclic amines) is 1. The van der Waals surface area contributed by atoms with Gasteiger partial charge >= 0.3 is 5.97 Å². The molecule has 0 bridgehead atoms. The normalized spacial score (nSPS) is 29.3. The molecule has 3 heterocycles. The van der Waals surface area contributed by atoms with E-state index in [0.717, 1.165) is 42.8 Å². The van der Waals surface area contributed by atoms with Crippen molar-refractivity contribution in [1.29, 1.82) is 0 Å². The summed E-state index contributed by atoms with van der Waals surface area (Å²) in [7, 11) is 0. The second-order valence-electron chi connectivity index (χ2n) is 9.57. The Morgan fingerprint density at radius 1 is 1.26 bits per heavy atom. The Kier molecular flexibility index (Phi) is 5.24. The van der Waals surface area contributed by atoms with Crippen molar-refractivity contribution >= 4 is 17.6 Å². The Labute approximate surface area is 187 Å². The largest absolute Gasteiger partial charge is 0.487 e. The summed E-state index contributed by atoms with van der Waals surface area (Å²) in [5.41, 5.74) is 2.00. The first-order chi connectivity index (χ1) is 14.8. The van der Waals surface area contributed by atoms with E-state index in [0.29, 0.717) is 23.0 Å². The van der Waals surface area contributed by atoms with Crippen LogP contribution in [0, 0.1) is 11.8 Å². The Bertz CT molecular complexity index is 1010. The lowest BCUT2D eigenvalue weighted by molar-refractivity contribution is -0.187. The summed E-state index contributed by atoms with van der Waals surface area (Å²) in [6.45, 7) is 6.75. The van der Waals surface area contributed by atoms with E-state index in [1.165, 1.54) is 0 Å². The standard InChI is InChI=1S/C25H28ClNO4/c1-25(2)20-11-16-14-27(13-15-5-3-4-6-18(15)24(28)29)10-9-21(16)30-23(20)19-12-17(26)7-8-22(19)31-25/h3-8,12,16,20-21,23H,9-11,13-14H2,1-2H3,(H,28,29)/t16-,20+,21+,23-/m0/s1. The molecule has 2 saturated heterocycles. The third-order valence-electron chi connectivity index (χ3n) is 7.18. The van der Waals surface area contributed by atoms with Gasteiger partial charge in [0.1, 0.15) is 11.4 Å². The fourth-order valence-electron chi connectivity index (χ4n) is 5.61. The first-order valence-corrected chi connectivity index (χ1v) is 11.4. The van der Waals surface area contributed by atoms with Gasteiger partial charge in [0, 0.05) is 36.1 Å². The molecule has 5 rings (SSSR count). The van der Waals surface area contributed by atoms with E-state index in [-0.39, 0.29) is 23.7 Å². The highest BCUT2D eigenvalue weighted by molar-refractivity contribution is 6.30. The molecule has 0 aliphatic carbocycles. The number of fused-ring (bicyclic) bond motifs is 4. The lowest BCUT2D eigenvalue weighted by Gasteiger charge is -2.53. The predicted molar refractivity (Wildman–Crippen MR) is 119 cm³/mol. The van der Waals surface area contributed by atoms with Crippen LogP contribution in [0.4, 0.5) is 0 Å². The lowest BCUT2D eigenvalue weighted by atomic mass is 9.70. The minimum atomic E-state index is -0.868. The van der Waals surface area contributed by atoms with Crippen LogP contribution in [0.25, 0.3) is 0 Å². The van der Waals surface area contributed by atoms with Gasteiger partial charge in [0.15, 0.2) is 0 Å². The number of rotatable bonds is 3. The van der Waals surface area contributed by atoms with Crippen LogP contribution in [0.1, 0.15) is 54.3 Å². The first-order valence-electron chi connectivity index (χ1n) is 11.0. The molecule has 2 aromatic rings. The molecule has 3 aliphatic rings. The fourth-order valence-corrected chi connectivity index (χ4v) is 5.79. The van der Waals surface area contributed by atoms with Gasteiger partial charge in [-0.15, -0.1) is 0 Å². The molecule has 6 heteroatoms. The maximum atomic E-state index is 11.6. The third-order valence-corrected chi connectivity index (χ3v) is 7.41. The number of aromatic carboxylic acids is 1. The number of halogens is 1. The number of carboxylic acids is 1. The highest BCUT2D eigenvalue weighted by Crippen LogP contribution is 2.53. The van der Waals surface area contributed by atoms with Crippen LogP contribution in [0.5, 0.6) is 5.75 Å². The summed E-state index contributed by atoms with van der Waals surface area (Å²) < 4.78 is 13.1.